The average molecular weight is 382 g/mol. The van der Waals surface area contributed by atoms with E-state index in [1.54, 1.807) is 0 Å². The molecule has 0 aliphatic heterocycles. The van der Waals surface area contributed by atoms with Crippen LogP contribution in [0, 0.1) is 0 Å². The second-order valence-electron chi connectivity index (χ2n) is 6.86. The molecule has 0 heterocycles. The van der Waals surface area contributed by atoms with Crippen molar-refractivity contribution in [1.29, 1.82) is 0 Å². The SMILES string of the molecule is CCc1ccc(OC(=O)CCCCCCC(=O)Oc2ccc(CC)cc2)cc1. The molecular formula is C24H30O4. The van der Waals surface area contributed by atoms with Crippen molar-refractivity contribution < 1.29 is 19.1 Å². The summed E-state index contributed by atoms with van der Waals surface area (Å²) in [5.74, 6) is 0.771. The molecule has 0 saturated heterocycles. The van der Waals surface area contributed by atoms with Gasteiger partial charge in [0.2, 0.25) is 0 Å². The van der Waals surface area contributed by atoms with Crippen molar-refractivity contribution in [2.24, 2.45) is 0 Å². The molecule has 0 aliphatic rings. The topological polar surface area (TPSA) is 52.6 Å². The minimum Gasteiger partial charge on any atom is -0.427 e. The standard InChI is InChI=1S/C24H30O4/c1-3-19-11-15-21(16-12-19)27-23(25)9-7-5-6-8-10-24(26)28-22-17-13-20(4-2)14-18-22/h11-18H,3-10H2,1-2H3. The van der Waals surface area contributed by atoms with Crippen LogP contribution >= 0.6 is 0 Å². The molecule has 0 aromatic heterocycles. The molecule has 0 bridgehead atoms. The molecule has 0 spiro atoms. The van der Waals surface area contributed by atoms with Crippen molar-refractivity contribution in [3.05, 3.63) is 59.7 Å². The quantitative estimate of drug-likeness (QED) is 0.286. The number of esters is 2. The first-order valence-electron chi connectivity index (χ1n) is 10.2. The van der Waals surface area contributed by atoms with Crippen molar-refractivity contribution in [2.45, 2.75) is 65.2 Å². The summed E-state index contributed by atoms with van der Waals surface area (Å²) in [6.45, 7) is 4.18. The Balaban J connectivity index is 1.54. The highest BCUT2D eigenvalue weighted by Crippen LogP contribution is 2.16. The molecule has 0 unspecified atom stereocenters. The lowest BCUT2D eigenvalue weighted by atomic mass is 10.1. The molecule has 150 valence electrons. The Bertz CT molecular complexity index is 667. The second kappa shape index (κ2) is 12.0. The molecule has 28 heavy (non-hydrogen) atoms. The van der Waals surface area contributed by atoms with Gasteiger partial charge >= 0.3 is 11.9 Å². The van der Waals surface area contributed by atoms with E-state index in [4.69, 9.17) is 9.47 Å². The van der Waals surface area contributed by atoms with Crippen LogP contribution in [-0.4, -0.2) is 11.9 Å². The van der Waals surface area contributed by atoms with Crippen LogP contribution in [0.15, 0.2) is 48.5 Å². The van der Waals surface area contributed by atoms with Crippen molar-refractivity contribution in [2.75, 3.05) is 0 Å². The Kier molecular flexibility index (Phi) is 9.26. The zero-order valence-corrected chi connectivity index (χ0v) is 16.9. The lowest BCUT2D eigenvalue weighted by molar-refractivity contribution is -0.135. The minimum absolute atomic E-state index is 0.209. The maximum absolute atomic E-state index is 11.9. The summed E-state index contributed by atoms with van der Waals surface area (Å²) in [6, 6.07) is 15.2. The van der Waals surface area contributed by atoms with E-state index in [-0.39, 0.29) is 11.9 Å². The predicted octanol–water partition coefficient (Wildman–Crippen LogP) is 5.66. The summed E-state index contributed by atoms with van der Waals surface area (Å²) in [4.78, 5) is 23.7. The van der Waals surface area contributed by atoms with Gasteiger partial charge in [-0.3, -0.25) is 9.59 Å². The van der Waals surface area contributed by atoms with Gasteiger partial charge in [-0.25, -0.2) is 0 Å². The first-order valence-corrected chi connectivity index (χ1v) is 10.2. The average Bonchev–Trinajstić information content (AvgIpc) is 2.71. The van der Waals surface area contributed by atoms with Crippen LogP contribution in [0.5, 0.6) is 11.5 Å². The smallest absolute Gasteiger partial charge is 0.311 e. The van der Waals surface area contributed by atoms with E-state index in [2.05, 4.69) is 13.8 Å². The number of hydrogen-bond acceptors (Lipinski definition) is 4. The number of aryl methyl sites for hydroxylation is 2. The molecule has 0 amide bonds. The maximum Gasteiger partial charge on any atom is 0.311 e. The number of hydrogen-bond donors (Lipinski definition) is 0. The number of carbonyl (C=O) groups excluding carboxylic acids is 2. The summed E-state index contributed by atoms with van der Waals surface area (Å²) in [6.07, 6.45) is 6.02. The fourth-order valence-corrected chi connectivity index (χ4v) is 2.84. The minimum atomic E-state index is -0.209. The van der Waals surface area contributed by atoms with Gasteiger partial charge in [0.1, 0.15) is 11.5 Å². The molecule has 0 N–H and O–H groups in total. The molecule has 0 atom stereocenters. The molecule has 2 aromatic rings. The third-order valence-corrected chi connectivity index (χ3v) is 4.64. The normalized spacial score (nSPS) is 10.5. The van der Waals surface area contributed by atoms with E-state index < -0.39 is 0 Å². The molecule has 4 nitrogen and oxygen atoms in total. The van der Waals surface area contributed by atoms with E-state index >= 15 is 0 Å². The maximum atomic E-state index is 11.9. The largest absolute Gasteiger partial charge is 0.427 e. The van der Waals surface area contributed by atoms with Gasteiger partial charge in [-0.1, -0.05) is 51.0 Å². The first kappa shape index (κ1) is 21.7. The molecule has 0 saturated carbocycles. The third kappa shape index (κ3) is 7.95. The van der Waals surface area contributed by atoms with Crippen molar-refractivity contribution in [3.8, 4) is 11.5 Å². The molecule has 4 heteroatoms. The van der Waals surface area contributed by atoms with Crippen LogP contribution in [0.4, 0.5) is 0 Å². The number of carbonyl (C=O) groups is 2. The summed E-state index contributed by atoms with van der Waals surface area (Å²) < 4.78 is 10.7. The van der Waals surface area contributed by atoms with Crippen LogP contribution in [0.25, 0.3) is 0 Å². The van der Waals surface area contributed by atoms with Crippen LogP contribution in [0.1, 0.15) is 63.5 Å². The Labute approximate surface area is 167 Å². The zero-order valence-electron chi connectivity index (χ0n) is 16.9. The molecule has 0 radical (unpaired) electrons. The molecule has 2 aromatic carbocycles. The third-order valence-electron chi connectivity index (χ3n) is 4.64. The van der Waals surface area contributed by atoms with Crippen LogP contribution in [0.3, 0.4) is 0 Å². The predicted molar refractivity (Wildman–Crippen MR) is 111 cm³/mol. The van der Waals surface area contributed by atoms with Crippen molar-refractivity contribution in [1.82, 2.24) is 0 Å². The zero-order chi connectivity index (χ0) is 20.2. The van der Waals surface area contributed by atoms with Crippen molar-refractivity contribution >= 4 is 11.9 Å². The van der Waals surface area contributed by atoms with Gasteiger partial charge in [0.25, 0.3) is 0 Å². The molecular weight excluding hydrogens is 352 g/mol. The Morgan fingerprint density at radius 1 is 0.607 bits per heavy atom. The van der Waals surface area contributed by atoms with Gasteiger partial charge in [0.15, 0.2) is 0 Å². The van der Waals surface area contributed by atoms with Gasteiger partial charge in [0.05, 0.1) is 0 Å². The number of unbranched alkanes of at least 4 members (excludes halogenated alkanes) is 3. The van der Waals surface area contributed by atoms with E-state index in [9.17, 15) is 9.59 Å². The van der Waals surface area contributed by atoms with E-state index in [1.165, 1.54) is 11.1 Å². The number of rotatable bonds is 11. The van der Waals surface area contributed by atoms with Gasteiger partial charge in [-0.2, -0.15) is 0 Å². The Morgan fingerprint density at radius 3 is 1.29 bits per heavy atom. The van der Waals surface area contributed by atoms with Gasteiger partial charge in [0, 0.05) is 12.8 Å². The van der Waals surface area contributed by atoms with E-state index in [0.717, 1.165) is 38.5 Å². The Morgan fingerprint density at radius 2 is 0.964 bits per heavy atom. The highest BCUT2D eigenvalue weighted by Gasteiger charge is 2.07. The monoisotopic (exact) mass is 382 g/mol. The van der Waals surface area contributed by atoms with Crippen LogP contribution < -0.4 is 9.47 Å². The summed E-state index contributed by atoms with van der Waals surface area (Å²) >= 11 is 0. The van der Waals surface area contributed by atoms with Crippen molar-refractivity contribution in [3.63, 3.8) is 0 Å². The summed E-state index contributed by atoms with van der Waals surface area (Å²) in [5, 5.41) is 0. The van der Waals surface area contributed by atoms with Gasteiger partial charge in [-0.15, -0.1) is 0 Å². The Hall–Kier alpha value is -2.62. The highest BCUT2D eigenvalue weighted by molar-refractivity contribution is 5.72. The highest BCUT2D eigenvalue weighted by atomic mass is 16.5. The summed E-state index contributed by atoms with van der Waals surface area (Å²) in [5.41, 5.74) is 2.44. The van der Waals surface area contributed by atoms with E-state index in [1.807, 2.05) is 48.5 Å². The van der Waals surface area contributed by atoms with Crippen LogP contribution in [0.2, 0.25) is 0 Å². The van der Waals surface area contributed by atoms with Gasteiger partial charge < -0.3 is 9.47 Å². The molecule has 0 aliphatic carbocycles. The fourth-order valence-electron chi connectivity index (χ4n) is 2.84. The fraction of sp³-hybridized carbons (Fsp3) is 0.417. The second-order valence-corrected chi connectivity index (χ2v) is 6.86. The van der Waals surface area contributed by atoms with Gasteiger partial charge in [-0.05, 0) is 61.1 Å². The molecule has 0 fully saturated rings. The lowest BCUT2D eigenvalue weighted by Gasteiger charge is -2.06. The first-order chi connectivity index (χ1) is 13.6. The number of benzene rings is 2. The molecule has 2 rings (SSSR count). The van der Waals surface area contributed by atoms with E-state index in [0.29, 0.717) is 24.3 Å². The lowest BCUT2D eigenvalue weighted by Crippen LogP contribution is -2.08. The number of ether oxygens (including phenoxy) is 2. The summed E-state index contributed by atoms with van der Waals surface area (Å²) in [7, 11) is 0. The van der Waals surface area contributed by atoms with Crippen LogP contribution in [-0.2, 0) is 22.4 Å².